The lowest BCUT2D eigenvalue weighted by molar-refractivity contribution is -0.908. The Kier molecular flexibility index (Phi) is 6.17. The monoisotopic (exact) mass is 419 g/mol. The van der Waals surface area contributed by atoms with Gasteiger partial charge in [-0.1, -0.05) is 0 Å². The maximum atomic E-state index is 12.7. The summed E-state index contributed by atoms with van der Waals surface area (Å²) < 4.78 is 16.3. The summed E-state index contributed by atoms with van der Waals surface area (Å²) in [7, 11) is 1.81. The maximum absolute atomic E-state index is 12.7. The van der Waals surface area contributed by atoms with Crippen LogP contribution in [-0.2, 0) is 11.3 Å². The summed E-state index contributed by atoms with van der Waals surface area (Å²) in [5.74, 6) is 1.36. The van der Waals surface area contributed by atoms with E-state index < -0.39 is 0 Å². The summed E-state index contributed by atoms with van der Waals surface area (Å²) in [6.07, 6.45) is 1.00. The highest BCUT2D eigenvalue weighted by atomic mass is 32.1. The number of quaternary nitrogens is 1. The van der Waals surface area contributed by atoms with Crippen LogP contribution >= 0.6 is 12.2 Å². The Morgan fingerprint density at radius 2 is 2.00 bits per heavy atom. The molecule has 2 aromatic rings. The molecule has 0 unspecified atom stereocenters. The van der Waals surface area contributed by atoms with Gasteiger partial charge in [-0.25, -0.2) is 0 Å². The molecule has 0 amide bonds. The van der Waals surface area contributed by atoms with E-state index in [0.29, 0.717) is 28.7 Å². The summed E-state index contributed by atoms with van der Waals surface area (Å²) in [4.78, 5) is 19.2. The molecule has 0 aliphatic carbocycles. The van der Waals surface area contributed by atoms with Crippen LogP contribution < -0.4 is 25.2 Å². The molecule has 0 radical (unpaired) electrons. The van der Waals surface area contributed by atoms with Crippen LogP contribution in [0.15, 0.2) is 23.0 Å². The van der Waals surface area contributed by atoms with E-state index in [1.807, 2.05) is 25.2 Å². The molecule has 156 valence electrons. The van der Waals surface area contributed by atoms with Gasteiger partial charge in [0.2, 0.25) is 6.79 Å². The van der Waals surface area contributed by atoms with Crippen molar-refractivity contribution in [1.82, 2.24) is 15.2 Å². The van der Waals surface area contributed by atoms with Gasteiger partial charge in [0.25, 0.3) is 5.56 Å². The molecule has 3 heterocycles. The van der Waals surface area contributed by atoms with Crippen LogP contribution in [0.1, 0.15) is 12.0 Å². The number of benzene rings is 1. The fourth-order valence-electron chi connectivity index (χ4n) is 3.80. The first-order chi connectivity index (χ1) is 14.1. The Balaban J connectivity index is 1.48. The van der Waals surface area contributed by atoms with Crippen LogP contribution in [-0.4, -0.2) is 68.2 Å². The Morgan fingerprint density at radius 1 is 1.24 bits per heavy atom. The van der Waals surface area contributed by atoms with Crippen molar-refractivity contribution in [2.45, 2.75) is 13.0 Å². The van der Waals surface area contributed by atoms with Crippen LogP contribution in [0.2, 0.25) is 0 Å². The molecule has 1 fully saturated rings. The van der Waals surface area contributed by atoms with E-state index in [2.05, 4.69) is 15.2 Å². The van der Waals surface area contributed by atoms with Gasteiger partial charge in [-0.05, 0) is 24.4 Å². The van der Waals surface area contributed by atoms with Crippen molar-refractivity contribution in [2.75, 3.05) is 53.2 Å². The lowest BCUT2D eigenvalue weighted by Gasteiger charge is -2.27. The number of hydrogen-bond donors (Lipinski definition) is 3. The molecule has 9 heteroatoms. The molecule has 4 rings (SSSR count). The SMILES string of the molecule is CNC(=S)N(CCC[NH+]1CCOCC1)Cc1cc2cc3c(cc2[nH]c1=O)OCO3. The second kappa shape index (κ2) is 8.98. The number of aromatic nitrogens is 1. The van der Waals surface area contributed by atoms with Crippen molar-refractivity contribution in [3.05, 3.63) is 34.1 Å². The molecule has 1 aromatic carbocycles. The van der Waals surface area contributed by atoms with Gasteiger partial charge in [0.15, 0.2) is 16.6 Å². The van der Waals surface area contributed by atoms with E-state index in [-0.39, 0.29) is 12.4 Å². The number of aromatic amines is 1. The fraction of sp³-hybridized carbons (Fsp3) is 0.500. The smallest absolute Gasteiger partial charge is 0.253 e. The molecule has 8 nitrogen and oxygen atoms in total. The van der Waals surface area contributed by atoms with Gasteiger partial charge in [-0.15, -0.1) is 0 Å². The molecule has 1 saturated heterocycles. The Morgan fingerprint density at radius 3 is 2.76 bits per heavy atom. The Hall–Kier alpha value is -2.36. The normalized spacial score (nSPS) is 16.2. The number of H-pyrrole nitrogens is 1. The highest BCUT2D eigenvalue weighted by molar-refractivity contribution is 7.80. The number of morpholine rings is 1. The third-order valence-corrected chi connectivity index (χ3v) is 5.90. The van der Waals surface area contributed by atoms with Gasteiger partial charge in [0, 0.05) is 37.0 Å². The first-order valence-corrected chi connectivity index (χ1v) is 10.4. The topological polar surface area (TPSA) is 80.3 Å². The van der Waals surface area contributed by atoms with Crippen LogP contribution in [0.4, 0.5) is 0 Å². The average molecular weight is 420 g/mol. The number of rotatable bonds is 6. The first-order valence-electron chi connectivity index (χ1n) is 9.97. The van der Waals surface area contributed by atoms with Crippen molar-refractivity contribution in [1.29, 1.82) is 0 Å². The first kappa shape index (κ1) is 19.9. The van der Waals surface area contributed by atoms with Gasteiger partial charge in [0.05, 0.1) is 31.8 Å². The van der Waals surface area contributed by atoms with E-state index in [9.17, 15) is 4.79 Å². The van der Waals surface area contributed by atoms with E-state index in [1.54, 1.807) is 4.90 Å². The Labute approximate surface area is 174 Å². The number of hydrogen-bond acceptors (Lipinski definition) is 5. The second-order valence-electron chi connectivity index (χ2n) is 7.36. The standard InChI is InChI=1S/C20H26N4O4S/c1-21-20(29)24(4-2-3-23-5-7-26-8-6-23)12-15-9-14-10-17-18(28-13-27-17)11-16(14)22-19(15)25/h9-11H,2-8,12-13H2,1H3,(H,21,29)(H,22,25)/p+1. The van der Waals surface area contributed by atoms with E-state index in [4.69, 9.17) is 26.4 Å². The second-order valence-corrected chi connectivity index (χ2v) is 7.75. The van der Waals surface area contributed by atoms with Crippen LogP contribution in [0, 0.1) is 0 Å². The zero-order valence-corrected chi connectivity index (χ0v) is 17.4. The van der Waals surface area contributed by atoms with Gasteiger partial charge < -0.3 is 34.3 Å². The summed E-state index contributed by atoms with van der Waals surface area (Å²) in [6.45, 7) is 6.30. The molecule has 1 aromatic heterocycles. The highest BCUT2D eigenvalue weighted by Crippen LogP contribution is 2.35. The van der Waals surface area contributed by atoms with E-state index in [0.717, 1.165) is 56.7 Å². The zero-order chi connectivity index (χ0) is 20.2. The van der Waals surface area contributed by atoms with Crippen LogP contribution in [0.5, 0.6) is 11.5 Å². The van der Waals surface area contributed by atoms with Gasteiger partial charge in [-0.2, -0.15) is 0 Å². The van der Waals surface area contributed by atoms with E-state index in [1.165, 1.54) is 0 Å². The van der Waals surface area contributed by atoms with Crippen molar-refractivity contribution in [3.63, 3.8) is 0 Å². The van der Waals surface area contributed by atoms with Gasteiger partial charge in [-0.3, -0.25) is 4.79 Å². The summed E-state index contributed by atoms with van der Waals surface area (Å²) in [6, 6.07) is 5.62. The molecule has 0 spiro atoms. The Bertz CT molecular complexity index is 942. The lowest BCUT2D eigenvalue weighted by Crippen LogP contribution is -3.14. The molecule has 2 aliphatic heterocycles. The third-order valence-electron chi connectivity index (χ3n) is 5.43. The van der Waals surface area contributed by atoms with Gasteiger partial charge >= 0.3 is 0 Å². The molecule has 0 saturated carbocycles. The van der Waals surface area contributed by atoms with Crippen LogP contribution in [0.3, 0.4) is 0 Å². The van der Waals surface area contributed by atoms with Crippen LogP contribution in [0.25, 0.3) is 10.9 Å². The summed E-state index contributed by atoms with van der Waals surface area (Å²) in [5, 5.41) is 4.61. The number of thiocarbonyl (C=S) groups is 1. The molecule has 0 bridgehead atoms. The van der Waals surface area contributed by atoms with Crippen molar-refractivity contribution in [3.8, 4) is 11.5 Å². The quantitative estimate of drug-likeness (QED) is 0.563. The highest BCUT2D eigenvalue weighted by Gasteiger charge is 2.18. The van der Waals surface area contributed by atoms with Crippen molar-refractivity contribution < 1.29 is 19.1 Å². The lowest BCUT2D eigenvalue weighted by atomic mass is 10.1. The number of ether oxygens (including phenoxy) is 3. The number of pyridine rings is 1. The fourth-order valence-corrected chi connectivity index (χ4v) is 3.96. The predicted molar refractivity (Wildman–Crippen MR) is 114 cm³/mol. The average Bonchev–Trinajstić information content (AvgIpc) is 3.19. The largest absolute Gasteiger partial charge is 0.454 e. The number of fused-ring (bicyclic) bond motifs is 2. The molecular formula is C20H27N4O4S+. The van der Waals surface area contributed by atoms with Crippen molar-refractivity contribution in [2.24, 2.45) is 0 Å². The molecule has 3 N–H and O–H groups in total. The molecule has 2 aliphatic rings. The van der Waals surface area contributed by atoms with Crippen molar-refractivity contribution >= 4 is 28.2 Å². The van der Waals surface area contributed by atoms with E-state index >= 15 is 0 Å². The molecule has 29 heavy (non-hydrogen) atoms. The van der Waals surface area contributed by atoms with Gasteiger partial charge in [0.1, 0.15) is 13.1 Å². The predicted octanol–water partition coefficient (Wildman–Crippen LogP) is -0.132. The third kappa shape index (κ3) is 4.63. The summed E-state index contributed by atoms with van der Waals surface area (Å²) >= 11 is 5.49. The minimum Gasteiger partial charge on any atom is -0.454 e. The zero-order valence-electron chi connectivity index (χ0n) is 16.6. The minimum atomic E-state index is -0.112. The number of nitrogens with zero attached hydrogens (tertiary/aromatic N) is 1. The minimum absolute atomic E-state index is 0.112. The maximum Gasteiger partial charge on any atom is 0.253 e. The molecule has 0 atom stereocenters. The summed E-state index contributed by atoms with van der Waals surface area (Å²) in [5.41, 5.74) is 1.30. The number of nitrogens with one attached hydrogen (secondary N) is 3. The molecular weight excluding hydrogens is 392 g/mol.